The van der Waals surface area contributed by atoms with E-state index in [0.29, 0.717) is 44.8 Å². The molecule has 9 heteroatoms. The van der Waals surface area contributed by atoms with Crippen LogP contribution in [-0.2, 0) is 16.0 Å². The van der Waals surface area contributed by atoms with Gasteiger partial charge in [0.15, 0.2) is 0 Å². The maximum absolute atomic E-state index is 15.7. The Morgan fingerprint density at radius 3 is 2.39 bits per heavy atom. The molecule has 3 N–H and O–H groups in total. The highest BCUT2D eigenvalue weighted by molar-refractivity contribution is 5.85. The van der Waals surface area contributed by atoms with Gasteiger partial charge in [-0.1, -0.05) is 24.6 Å². The molecule has 4 rings (SSSR count). The summed E-state index contributed by atoms with van der Waals surface area (Å²) in [5.74, 6) is -1.60. The third-order valence-corrected chi connectivity index (χ3v) is 7.57. The first-order valence-corrected chi connectivity index (χ1v) is 14.6. The average Bonchev–Trinajstić information content (AvgIpc) is 3.25. The zero-order valence-electron chi connectivity index (χ0n) is 24.3. The fraction of sp³-hybridized carbons (Fsp3) is 0.531. The molecule has 1 aliphatic rings. The van der Waals surface area contributed by atoms with E-state index in [0.717, 1.165) is 42.1 Å². The molecular formula is C32H42F3N3O3. The molecule has 0 bridgehead atoms. The van der Waals surface area contributed by atoms with Crippen molar-refractivity contribution in [1.82, 2.24) is 9.88 Å². The summed E-state index contributed by atoms with van der Waals surface area (Å²) in [5.41, 5.74) is 6.06. The number of carbonyl (C=O) groups excluding carboxylic acids is 1. The lowest BCUT2D eigenvalue weighted by molar-refractivity contribution is -0.118. The Morgan fingerprint density at radius 2 is 1.71 bits per heavy atom. The molecule has 0 spiro atoms. The third kappa shape index (κ3) is 8.04. The van der Waals surface area contributed by atoms with E-state index >= 15 is 8.78 Å². The number of nitrogens with zero attached hydrogens (tertiary/aromatic N) is 1. The summed E-state index contributed by atoms with van der Waals surface area (Å²) < 4.78 is 57.6. The fourth-order valence-corrected chi connectivity index (χ4v) is 5.70. The number of carbonyl (C=O) groups is 1. The minimum absolute atomic E-state index is 0.0309. The smallest absolute Gasteiger partial charge is 0.217 e. The van der Waals surface area contributed by atoms with Gasteiger partial charge in [0.05, 0.1) is 12.6 Å². The van der Waals surface area contributed by atoms with E-state index in [-0.39, 0.29) is 29.8 Å². The molecule has 41 heavy (non-hydrogen) atoms. The first kappa shape index (κ1) is 30.9. The van der Waals surface area contributed by atoms with Gasteiger partial charge in [0.1, 0.15) is 23.1 Å². The minimum Gasteiger partial charge on any atom is -0.493 e. The number of fused-ring (bicyclic) bond motifs is 3. The monoisotopic (exact) mass is 573 g/mol. The van der Waals surface area contributed by atoms with E-state index in [9.17, 15) is 9.18 Å². The number of ether oxygens (including phenoxy) is 2. The lowest BCUT2D eigenvalue weighted by atomic mass is 9.87. The van der Waals surface area contributed by atoms with Crippen LogP contribution in [0.2, 0.25) is 0 Å². The first-order valence-electron chi connectivity index (χ1n) is 14.6. The molecule has 2 heterocycles. The van der Waals surface area contributed by atoms with Crippen LogP contribution in [0.1, 0.15) is 82.2 Å². The van der Waals surface area contributed by atoms with Crippen molar-refractivity contribution in [2.45, 2.75) is 83.5 Å². The number of hydrogen-bond acceptors (Lipinski definition) is 4. The fourth-order valence-electron chi connectivity index (χ4n) is 5.70. The van der Waals surface area contributed by atoms with Gasteiger partial charge in [-0.15, -0.1) is 0 Å². The van der Waals surface area contributed by atoms with Crippen LogP contribution in [0, 0.1) is 11.6 Å². The van der Waals surface area contributed by atoms with Gasteiger partial charge in [0.2, 0.25) is 5.91 Å². The maximum atomic E-state index is 15.7. The molecule has 2 aromatic carbocycles. The number of alkyl halides is 1. The highest BCUT2D eigenvalue weighted by atomic mass is 19.1. The molecule has 0 saturated heterocycles. The van der Waals surface area contributed by atoms with E-state index in [2.05, 4.69) is 4.98 Å². The standard InChI is InChI=1S/C32H42F3N3O3/c1-21-17-24-23-11-6-7-12-27(23)37-30(24)31(38(21)20-32(2,3)35)29-25(33)18-22(19-26(29)34)41-16-9-5-4-8-14-40-15-10-13-28(36)39/h6-7,11-12,18-19,21,31,37H,4-5,8-10,13-17,20H2,1-3H3,(H2,36,39)/t21-,31-/m1/s1. The summed E-state index contributed by atoms with van der Waals surface area (Å²) in [6, 6.07) is 9.36. The van der Waals surface area contributed by atoms with Gasteiger partial charge >= 0.3 is 0 Å². The molecule has 1 amide bonds. The second-order valence-corrected chi connectivity index (χ2v) is 11.7. The van der Waals surface area contributed by atoms with Crippen molar-refractivity contribution in [2.75, 3.05) is 26.4 Å². The zero-order valence-corrected chi connectivity index (χ0v) is 24.3. The normalized spacial score (nSPS) is 17.6. The van der Waals surface area contributed by atoms with E-state index in [4.69, 9.17) is 15.2 Å². The van der Waals surface area contributed by atoms with Gasteiger partial charge in [-0.2, -0.15) is 0 Å². The summed E-state index contributed by atoms with van der Waals surface area (Å²) in [4.78, 5) is 16.0. The van der Waals surface area contributed by atoms with E-state index in [1.807, 2.05) is 36.1 Å². The van der Waals surface area contributed by atoms with Crippen molar-refractivity contribution < 1.29 is 27.4 Å². The van der Waals surface area contributed by atoms with Gasteiger partial charge in [0.25, 0.3) is 0 Å². The Morgan fingerprint density at radius 1 is 1.05 bits per heavy atom. The van der Waals surface area contributed by atoms with Gasteiger partial charge in [0, 0.05) is 66.5 Å². The highest BCUT2D eigenvalue weighted by Gasteiger charge is 2.41. The maximum Gasteiger partial charge on any atom is 0.217 e. The number of para-hydroxylation sites is 1. The van der Waals surface area contributed by atoms with Gasteiger partial charge in [-0.05, 0) is 64.5 Å². The predicted molar refractivity (Wildman–Crippen MR) is 155 cm³/mol. The number of hydrogen-bond donors (Lipinski definition) is 2. The number of rotatable bonds is 15. The number of aromatic nitrogens is 1. The summed E-state index contributed by atoms with van der Waals surface area (Å²) >= 11 is 0. The number of nitrogens with one attached hydrogen (secondary N) is 1. The number of unbranched alkanes of at least 4 members (excludes halogenated alkanes) is 3. The van der Waals surface area contributed by atoms with Gasteiger partial charge < -0.3 is 20.2 Å². The van der Waals surface area contributed by atoms with Crippen LogP contribution in [0.15, 0.2) is 36.4 Å². The SMILES string of the molecule is C[C@@H]1Cc2c([nH]c3ccccc23)[C@@H](c2c(F)cc(OCCCCCCOCCCC(N)=O)cc2F)N1CC(C)(C)F. The molecule has 6 nitrogen and oxygen atoms in total. The Bertz CT molecular complexity index is 1300. The molecular weight excluding hydrogens is 531 g/mol. The Hall–Kier alpha value is -3.04. The topological polar surface area (TPSA) is 80.6 Å². The van der Waals surface area contributed by atoms with Crippen molar-refractivity contribution in [3.63, 3.8) is 0 Å². The molecule has 0 unspecified atom stereocenters. The third-order valence-electron chi connectivity index (χ3n) is 7.57. The van der Waals surface area contributed by atoms with Crippen LogP contribution < -0.4 is 10.5 Å². The minimum atomic E-state index is -1.55. The predicted octanol–water partition coefficient (Wildman–Crippen LogP) is 6.75. The molecule has 0 fully saturated rings. The van der Waals surface area contributed by atoms with Crippen LogP contribution in [0.5, 0.6) is 5.75 Å². The van der Waals surface area contributed by atoms with Crippen LogP contribution in [0.4, 0.5) is 13.2 Å². The quantitative estimate of drug-likeness (QED) is 0.197. The van der Waals surface area contributed by atoms with Crippen molar-refractivity contribution in [3.8, 4) is 5.75 Å². The van der Waals surface area contributed by atoms with Gasteiger partial charge in [-0.3, -0.25) is 9.69 Å². The molecule has 1 aliphatic heterocycles. The number of amides is 1. The van der Waals surface area contributed by atoms with Crippen molar-refractivity contribution >= 4 is 16.8 Å². The second-order valence-electron chi connectivity index (χ2n) is 11.7. The molecule has 1 aromatic heterocycles. The number of benzene rings is 2. The Labute approximate surface area is 240 Å². The Balaban J connectivity index is 1.42. The summed E-state index contributed by atoms with van der Waals surface area (Å²) in [7, 11) is 0. The summed E-state index contributed by atoms with van der Waals surface area (Å²) in [6.07, 6.45) is 5.07. The number of halogens is 3. The van der Waals surface area contributed by atoms with Crippen molar-refractivity contribution in [1.29, 1.82) is 0 Å². The number of primary amides is 1. The highest BCUT2D eigenvalue weighted by Crippen LogP contribution is 2.43. The van der Waals surface area contributed by atoms with Gasteiger partial charge in [-0.25, -0.2) is 13.2 Å². The van der Waals surface area contributed by atoms with E-state index in [1.54, 1.807) is 0 Å². The van der Waals surface area contributed by atoms with Crippen LogP contribution >= 0.6 is 0 Å². The molecule has 0 aliphatic carbocycles. The molecule has 3 aromatic rings. The number of nitrogens with two attached hydrogens (primary N) is 1. The van der Waals surface area contributed by atoms with E-state index < -0.39 is 23.3 Å². The summed E-state index contributed by atoms with van der Waals surface area (Å²) in [5, 5.41) is 1.02. The first-order chi connectivity index (χ1) is 19.5. The number of H-pyrrole nitrogens is 1. The van der Waals surface area contributed by atoms with Crippen LogP contribution in [0.3, 0.4) is 0 Å². The van der Waals surface area contributed by atoms with E-state index in [1.165, 1.54) is 26.0 Å². The molecule has 224 valence electrons. The van der Waals surface area contributed by atoms with Crippen molar-refractivity contribution in [2.24, 2.45) is 5.73 Å². The average molecular weight is 574 g/mol. The zero-order chi connectivity index (χ0) is 29.6. The van der Waals surface area contributed by atoms with Crippen LogP contribution in [0.25, 0.3) is 10.9 Å². The second kappa shape index (κ2) is 13.7. The van der Waals surface area contributed by atoms with Crippen LogP contribution in [-0.4, -0.2) is 53.9 Å². The largest absolute Gasteiger partial charge is 0.493 e. The molecule has 2 atom stereocenters. The molecule has 0 saturated carbocycles. The molecule has 0 radical (unpaired) electrons. The lowest BCUT2D eigenvalue weighted by Gasteiger charge is -2.43. The summed E-state index contributed by atoms with van der Waals surface area (Å²) in [6.45, 7) is 6.46. The lowest BCUT2D eigenvalue weighted by Crippen LogP contribution is -2.48. The van der Waals surface area contributed by atoms with Crippen molar-refractivity contribution in [3.05, 3.63) is 64.9 Å². The number of aromatic amines is 1. The Kier molecular flexibility index (Phi) is 10.4.